The van der Waals surface area contributed by atoms with Crippen molar-refractivity contribution in [3.8, 4) is 0 Å². The second kappa shape index (κ2) is 6.58. The normalized spacial score (nSPS) is 9.56. The van der Waals surface area contributed by atoms with Gasteiger partial charge in [-0.2, -0.15) is 0 Å². The highest BCUT2D eigenvalue weighted by atomic mass is 16.7. The Kier molecular flexibility index (Phi) is 5.01. The van der Waals surface area contributed by atoms with Crippen LogP contribution >= 0.6 is 0 Å². The van der Waals surface area contributed by atoms with Gasteiger partial charge >= 0.3 is 11.9 Å². The standard InChI is InChI=1S/C11H13NO4/c1-12-7-10(13)15-8-16-11(14)9-5-3-2-4-6-9/h2-6,12H,7-8H2,1H3. The van der Waals surface area contributed by atoms with E-state index in [0.717, 1.165) is 0 Å². The Balaban J connectivity index is 2.29. The predicted molar refractivity (Wildman–Crippen MR) is 56.7 cm³/mol. The van der Waals surface area contributed by atoms with Crippen LogP contribution in [-0.4, -0.2) is 32.3 Å². The van der Waals surface area contributed by atoms with Gasteiger partial charge in [-0.1, -0.05) is 18.2 Å². The van der Waals surface area contributed by atoms with Gasteiger partial charge in [0.25, 0.3) is 0 Å². The van der Waals surface area contributed by atoms with Crippen LogP contribution in [-0.2, 0) is 14.3 Å². The zero-order chi connectivity index (χ0) is 11.8. The molecule has 1 rings (SSSR count). The van der Waals surface area contributed by atoms with Crippen molar-refractivity contribution < 1.29 is 19.1 Å². The molecule has 0 radical (unpaired) electrons. The third-order valence-corrected chi connectivity index (χ3v) is 1.74. The van der Waals surface area contributed by atoms with Crippen LogP contribution < -0.4 is 5.32 Å². The van der Waals surface area contributed by atoms with E-state index in [2.05, 4.69) is 10.1 Å². The van der Waals surface area contributed by atoms with Gasteiger partial charge in [0, 0.05) is 0 Å². The van der Waals surface area contributed by atoms with Crippen LogP contribution in [0.1, 0.15) is 10.4 Å². The molecule has 0 saturated heterocycles. The summed E-state index contributed by atoms with van der Waals surface area (Å²) in [6.45, 7) is -0.281. The first kappa shape index (κ1) is 12.2. The highest BCUT2D eigenvalue weighted by Gasteiger charge is 2.07. The monoisotopic (exact) mass is 223 g/mol. The average molecular weight is 223 g/mol. The molecule has 16 heavy (non-hydrogen) atoms. The van der Waals surface area contributed by atoms with E-state index in [1.165, 1.54) is 0 Å². The molecule has 0 saturated carbocycles. The van der Waals surface area contributed by atoms with Gasteiger partial charge in [0.15, 0.2) is 0 Å². The lowest BCUT2D eigenvalue weighted by Gasteiger charge is -2.05. The van der Waals surface area contributed by atoms with Crippen LogP contribution in [0, 0.1) is 0 Å². The molecule has 0 unspecified atom stereocenters. The van der Waals surface area contributed by atoms with Gasteiger partial charge < -0.3 is 14.8 Å². The number of likely N-dealkylation sites (N-methyl/N-ethyl adjacent to an activating group) is 1. The van der Waals surface area contributed by atoms with Crippen molar-refractivity contribution in [3.05, 3.63) is 35.9 Å². The Morgan fingerprint density at radius 3 is 2.50 bits per heavy atom. The molecule has 5 heteroatoms. The summed E-state index contributed by atoms with van der Waals surface area (Å²) in [6.07, 6.45) is 0. The molecule has 0 bridgehead atoms. The maximum absolute atomic E-state index is 11.4. The molecular formula is C11H13NO4. The number of hydrogen-bond donors (Lipinski definition) is 1. The molecule has 1 aromatic carbocycles. The van der Waals surface area contributed by atoms with Crippen LogP contribution in [0.15, 0.2) is 30.3 Å². The van der Waals surface area contributed by atoms with E-state index >= 15 is 0 Å². The van der Waals surface area contributed by atoms with Crippen molar-refractivity contribution >= 4 is 11.9 Å². The van der Waals surface area contributed by atoms with E-state index in [9.17, 15) is 9.59 Å². The van der Waals surface area contributed by atoms with Crippen molar-refractivity contribution in [2.24, 2.45) is 0 Å². The fraction of sp³-hybridized carbons (Fsp3) is 0.273. The van der Waals surface area contributed by atoms with Crippen molar-refractivity contribution in [2.45, 2.75) is 0 Å². The number of ether oxygens (including phenoxy) is 2. The molecule has 0 atom stereocenters. The first-order valence-electron chi connectivity index (χ1n) is 4.76. The first-order valence-corrected chi connectivity index (χ1v) is 4.76. The third kappa shape index (κ3) is 4.10. The SMILES string of the molecule is CNCC(=O)OCOC(=O)c1ccccc1. The molecule has 1 N–H and O–H groups in total. The van der Waals surface area contributed by atoms with Crippen molar-refractivity contribution in [3.63, 3.8) is 0 Å². The number of hydrogen-bond acceptors (Lipinski definition) is 5. The summed E-state index contributed by atoms with van der Waals surface area (Å²) >= 11 is 0. The van der Waals surface area contributed by atoms with Crippen LogP contribution in [0.2, 0.25) is 0 Å². The molecule has 86 valence electrons. The van der Waals surface area contributed by atoms with Crippen molar-refractivity contribution in [1.82, 2.24) is 5.32 Å². The van der Waals surface area contributed by atoms with Gasteiger partial charge in [-0.25, -0.2) is 4.79 Å². The van der Waals surface area contributed by atoms with Gasteiger partial charge in [-0.15, -0.1) is 0 Å². The van der Waals surface area contributed by atoms with E-state index in [1.54, 1.807) is 37.4 Å². The molecule has 0 heterocycles. The molecule has 0 aromatic heterocycles. The van der Waals surface area contributed by atoms with Gasteiger partial charge in [-0.3, -0.25) is 4.79 Å². The summed E-state index contributed by atoms with van der Waals surface area (Å²) in [5.74, 6) is -0.985. The molecule has 0 amide bonds. The van der Waals surface area contributed by atoms with E-state index in [1.807, 2.05) is 0 Å². The lowest BCUT2D eigenvalue weighted by molar-refractivity contribution is -0.150. The topological polar surface area (TPSA) is 64.6 Å². The Morgan fingerprint density at radius 1 is 1.19 bits per heavy atom. The van der Waals surface area contributed by atoms with Crippen LogP contribution in [0.5, 0.6) is 0 Å². The number of nitrogens with one attached hydrogen (secondary N) is 1. The molecule has 0 aliphatic heterocycles. The summed E-state index contributed by atoms with van der Waals surface area (Å²) in [4.78, 5) is 22.2. The lowest BCUT2D eigenvalue weighted by atomic mass is 10.2. The summed E-state index contributed by atoms with van der Waals surface area (Å²) in [6, 6.07) is 8.49. The Morgan fingerprint density at radius 2 is 1.88 bits per heavy atom. The highest BCUT2D eigenvalue weighted by Crippen LogP contribution is 2.00. The maximum atomic E-state index is 11.4. The smallest absolute Gasteiger partial charge is 0.340 e. The van der Waals surface area contributed by atoms with Crippen molar-refractivity contribution in [2.75, 3.05) is 20.4 Å². The zero-order valence-electron chi connectivity index (χ0n) is 8.93. The molecule has 1 aromatic rings. The van der Waals surface area contributed by atoms with Crippen LogP contribution in [0.25, 0.3) is 0 Å². The quantitative estimate of drug-likeness (QED) is 0.583. The molecule has 5 nitrogen and oxygen atoms in total. The number of esters is 2. The predicted octanol–water partition coefficient (Wildman–Crippen LogP) is 0.563. The minimum absolute atomic E-state index is 0.0862. The van der Waals surface area contributed by atoms with E-state index < -0.39 is 11.9 Å². The fourth-order valence-corrected chi connectivity index (χ4v) is 1.00. The van der Waals surface area contributed by atoms with Crippen molar-refractivity contribution in [1.29, 1.82) is 0 Å². The van der Waals surface area contributed by atoms with Gasteiger partial charge in [0.1, 0.15) is 0 Å². The zero-order valence-corrected chi connectivity index (χ0v) is 8.93. The van der Waals surface area contributed by atoms with Gasteiger partial charge in [-0.05, 0) is 19.2 Å². The largest absolute Gasteiger partial charge is 0.427 e. The van der Waals surface area contributed by atoms with Gasteiger partial charge in [0.05, 0.1) is 12.1 Å². The minimum Gasteiger partial charge on any atom is -0.427 e. The van der Waals surface area contributed by atoms with Crippen LogP contribution in [0.3, 0.4) is 0 Å². The van der Waals surface area contributed by atoms with E-state index in [0.29, 0.717) is 5.56 Å². The molecule has 0 aliphatic rings. The number of rotatable bonds is 5. The number of carbonyl (C=O) groups is 2. The molecule has 0 aliphatic carbocycles. The van der Waals surface area contributed by atoms with E-state index in [4.69, 9.17) is 4.74 Å². The lowest BCUT2D eigenvalue weighted by Crippen LogP contribution is -2.22. The fourth-order valence-electron chi connectivity index (χ4n) is 1.00. The first-order chi connectivity index (χ1) is 7.74. The minimum atomic E-state index is -0.516. The molecular weight excluding hydrogens is 210 g/mol. The maximum Gasteiger partial charge on any atom is 0.340 e. The number of carbonyl (C=O) groups excluding carboxylic acids is 2. The number of benzene rings is 1. The van der Waals surface area contributed by atoms with Gasteiger partial charge in [0.2, 0.25) is 6.79 Å². The Hall–Kier alpha value is -1.88. The summed E-state index contributed by atoms with van der Waals surface area (Å²) in [7, 11) is 1.62. The Labute approximate surface area is 93.4 Å². The summed E-state index contributed by atoms with van der Waals surface area (Å²) in [5.41, 5.74) is 0.423. The summed E-state index contributed by atoms with van der Waals surface area (Å²) in [5, 5.41) is 2.62. The third-order valence-electron chi connectivity index (χ3n) is 1.74. The van der Waals surface area contributed by atoms with E-state index in [-0.39, 0.29) is 13.3 Å². The molecule has 0 fully saturated rings. The molecule has 0 spiro atoms. The van der Waals surface area contributed by atoms with Crippen LogP contribution in [0.4, 0.5) is 0 Å². The summed E-state index contributed by atoms with van der Waals surface area (Å²) < 4.78 is 9.37. The second-order valence-corrected chi connectivity index (χ2v) is 2.96. The highest BCUT2D eigenvalue weighted by molar-refractivity contribution is 5.89. The Bertz CT molecular complexity index is 350. The average Bonchev–Trinajstić information content (AvgIpc) is 2.30. The second-order valence-electron chi connectivity index (χ2n) is 2.96.